The summed E-state index contributed by atoms with van der Waals surface area (Å²) in [4.78, 5) is 11.5. The molecule has 2 aromatic carbocycles. The number of aromatic carboxylic acids is 1. The van der Waals surface area contributed by atoms with Gasteiger partial charge in [-0.15, -0.1) is 0 Å². The van der Waals surface area contributed by atoms with Crippen LogP contribution >= 0.6 is 27.5 Å². The van der Waals surface area contributed by atoms with Crippen molar-refractivity contribution in [2.75, 3.05) is 0 Å². The molecule has 0 aliphatic rings. The van der Waals surface area contributed by atoms with Crippen LogP contribution in [0.4, 0.5) is 13.2 Å². The minimum absolute atomic E-state index is 0.0718. The third kappa shape index (κ3) is 3.39. The van der Waals surface area contributed by atoms with Gasteiger partial charge in [-0.3, -0.25) is 0 Å². The van der Waals surface area contributed by atoms with E-state index in [0.29, 0.717) is 15.4 Å². The summed E-state index contributed by atoms with van der Waals surface area (Å²) in [5.74, 6) is -1.31. The predicted octanol–water partition coefficient (Wildman–Crippen LogP) is 5.53. The summed E-state index contributed by atoms with van der Waals surface area (Å²) < 4.78 is 40.8. The van der Waals surface area contributed by atoms with Crippen molar-refractivity contribution in [2.45, 2.75) is 12.7 Å². The molecule has 0 unspecified atom stereocenters. The molecule has 0 aliphatic heterocycles. The van der Waals surface area contributed by atoms with Crippen LogP contribution in [0.5, 0.6) is 5.75 Å². The number of rotatable bonds is 3. The number of fused-ring (bicyclic) bond motifs is 1. The molecule has 26 heavy (non-hydrogen) atoms. The van der Waals surface area contributed by atoms with E-state index in [1.165, 1.54) is 28.8 Å². The molecular formula is C17H10BrClF3NO3. The molecule has 0 radical (unpaired) electrons. The molecule has 3 rings (SSSR count). The number of carbonyl (C=O) groups is 1. The van der Waals surface area contributed by atoms with E-state index in [0.717, 1.165) is 12.1 Å². The van der Waals surface area contributed by atoms with Gasteiger partial charge in [0.15, 0.2) is 0 Å². The molecule has 1 aromatic heterocycles. The van der Waals surface area contributed by atoms with Gasteiger partial charge in [-0.2, -0.15) is 13.2 Å². The molecular weight excluding hydrogens is 439 g/mol. The Morgan fingerprint density at radius 3 is 2.50 bits per heavy atom. The van der Waals surface area contributed by atoms with Crippen LogP contribution in [0, 0.1) is 0 Å². The second-order valence-corrected chi connectivity index (χ2v) is 6.86. The molecule has 4 nitrogen and oxygen atoms in total. The van der Waals surface area contributed by atoms with Gasteiger partial charge >= 0.3 is 12.1 Å². The number of nitrogens with zero attached hydrogens (tertiary/aromatic N) is 1. The van der Waals surface area contributed by atoms with Crippen LogP contribution in [-0.2, 0) is 12.7 Å². The number of hydrogen-bond donors (Lipinski definition) is 2. The van der Waals surface area contributed by atoms with Crippen molar-refractivity contribution in [1.29, 1.82) is 0 Å². The van der Waals surface area contributed by atoms with E-state index in [2.05, 4.69) is 15.9 Å². The average Bonchev–Trinajstić information content (AvgIpc) is 2.86. The fraction of sp³-hybridized carbons (Fsp3) is 0.118. The zero-order valence-electron chi connectivity index (χ0n) is 12.8. The van der Waals surface area contributed by atoms with Crippen LogP contribution in [0.3, 0.4) is 0 Å². The van der Waals surface area contributed by atoms with Gasteiger partial charge in [0.2, 0.25) is 0 Å². The maximum absolute atomic E-state index is 13.0. The molecule has 0 amide bonds. The van der Waals surface area contributed by atoms with Gasteiger partial charge in [-0.05, 0) is 51.8 Å². The molecule has 136 valence electrons. The molecule has 0 atom stereocenters. The van der Waals surface area contributed by atoms with E-state index < -0.39 is 22.7 Å². The lowest BCUT2D eigenvalue weighted by molar-refractivity contribution is -0.137. The van der Waals surface area contributed by atoms with Crippen molar-refractivity contribution < 1.29 is 28.2 Å². The topological polar surface area (TPSA) is 62.5 Å². The summed E-state index contributed by atoms with van der Waals surface area (Å²) >= 11 is 8.78. The number of aromatic hydroxyl groups is 1. The fourth-order valence-corrected chi connectivity index (χ4v) is 3.25. The number of carboxylic acids is 1. The lowest BCUT2D eigenvalue weighted by Crippen LogP contribution is -2.11. The molecule has 0 spiro atoms. The summed E-state index contributed by atoms with van der Waals surface area (Å²) in [6.45, 7) is -0.109. The van der Waals surface area contributed by atoms with E-state index in [1.54, 1.807) is 0 Å². The van der Waals surface area contributed by atoms with Crippen molar-refractivity contribution >= 4 is 44.4 Å². The third-order valence-corrected chi connectivity index (χ3v) is 4.83. The van der Waals surface area contributed by atoms with Gasteiger partial charge in [0, 0.05) is 11.9 Å². The smallest absolute Gasteiger partial charge is 0.417 e. The summed E-state index contributed by atoms with van der Waals surface area (Å²) in [5.41, 5.74) is -0.397. The SMILES string of the molecule is O=C(O)c1cc2cc(O)c(Br)cc2n1Cc1ccc(Cl)c(C(F)(F)F)c1. The lowest BCUT2D eigenvalue weighted by Gasteiger charge is -2.13. The highest BCUT2D eigenvalue weighted by atomic mass is 79.9. The average molecular weight is 449 g/mol. The quantitative estimate of drug-likeness (QED) is 0.554. The maximum atomic E-state index is 13.0. The largest absolute Gasteiger partial charge is 0.507 e. The summed E-state index contributed by atoms with van der Waals surface area (Å²) in [7, 11) is 0. The van der Waals surface area contributed by atoms with E-state index in [1.807, 2.05) is 0 Å². The third-order valence-electron chi connectivity index (χ3n) is 3.87. The standard InChI is InChI=1S/C17H10BrClF3NO3/c18-11-6-13-9(5-15(11)24)4-14(16(25)26)23(13)7-8-1-2-12(19)10(3-8)17(20,21)22/h1-6,24H,7H2,(H,25,26). The van der Waals surface area contributed by atoms with Gasteiger partial charge in [-0.1, -0.05) is 17.7 Å². The molecule has 0 fully saturated rings. The highest BCUT2D eigenvalue weighted by Crippen LogP contribution is 2.36. The van der Waals surface area contributed by atoms with Gasteiger partial charge in [0.25, 0.3) is 0 Å². The zero-order chi connectivity index (χ0) is 19.2. The van der Waals surface area contributed by atoms with Crippen LogP contribution in [0.15, 0.2) is 40.9 Å². The van der Waals surface area contributed by atoms with Crippen LogP contribution in [0.1, 0.15) is 21.6 Å². The zero-order valence-corrected chi connectivity index (χ0v) is 15.2. The molecule has 1 heterocycles. The van der Waals surface area contributed by atoms with Crippen molar-refractivity contribution in [1.82, 2.24) is 4.57 Å². The van der Waals surface area contributed by atoms with E-state index in [9.17, 15) is 28.2 Å². The minimum Gasteiger partial charge on any atom is -0.507 e. The Kier molecular flexibility index (Phi) is 4.66. The summed E-state index contributed by atoms with van der Waals surface area (Å²) in [5, 5.41) is 19.2. The number of hydrogen-bond acceptors (Lipinski definition) is 2. The highest BCUT2D eigenvalue weighted by Gasteiger charge is 2.33. The predicted molar refractivity (Wildman–Crippen MR) is 93.8 cm³/mol. The van der Waals surface area contributed by atoms with Gasteiger partial charge < -0.3 is 14.8 Å². The number of carboxylic acid groups (broad SMARTS) is 1. The van der Waals surface area contributed by atoms with Crippen molar-refractivity contribution in [2.24, 2.45) is 0 Å². The van der Waals surface area contributed by atoms with E-state index in [4.69, 9.17) is 11.6 Å². The first kappa shape index (κ1) is 18.6. The number of aromatic nitrogens is 1. The fourth-order valence-electron chi connectivity index (χ4n) is 2.69. The highest BCUT2D eigenvalue weighted by molar-refractivity contribution is 9.10. The van der Waals surface area contributed by atoms with Gasteiger partial charge in [0.1, 0.15) is 11.4 Å². The molecule has 0 bridgehead atoms. The minimum atomic E-state index is -4.61. The Balaban J connectivity index is 2.16. The van der Waals surface area contributed by atoms with Crippen LogP contribution in [0.2, 0.25) is 5.02 Å². The first-order valence-corrected chi connectivity index (χ1v) is 8.35. The van der Waals surface area contributed by atoms with Crippen LogP contribution in [-0.4, -0.2) is 20.7 Å². The second kappa shape index (κ2) is 6.51. The van der Waals surface area contributed by atoms with E-state index in [-0.39, 0.29) is 23.6 Å². The Morgan fingerprint density at radius 1 is 1.19 bits per heavy atom. The Hall–Kier alpha value is -2.19. The molecule has 0 aliphatic carbocycles. The molecule has 2 N–H and O–H groups in total. The number of halogens is 5. The normalized spacial score (nSPS) is 11.9. The summed E-state index contributed by atoms with van der Waals surface area (Å²) in [6, 6.07) is 7.68. The Labute approximate surface area is 158 Å². The number of benzene rings is 2. The van der Waals surface area contributed by atoms with Crippen molar-refractivity contribution in [3.05, 3.63) is 62.7 Å². The molecule has 0 saturated carbocycles. The van der Waals surface area contributed by atoms with Gasteiger partial charge in [-0.25, -0.2) is 4.79 Å². The first-order valence-electron chi connectivity index (χ1n) is 7.18. The number of alkyl halides is 3. The van der Waals surface area contributed by atoms with Crippen LogP contribution < -0.4 is 0 Å². The second-order valence-electron chi connectivity index (χ2n) is 5.60. The molecule has 0 saturated heterocycles. The molecule has 9 heteroatoms. The number of phenols is 1. The number of phenolic OH excluding ortho intramolecular Hbond substituents is 1. The van der Waals surface area contributed by atoms with Gasteiger partial charge in [0.05, 0.1) is 20.6 Å². The lowest BCUT2D eigenvalue weighted by atomic mass is 10.1. The van der Waals surface area contributed by atoms with Crippen molar-refractivity contribution in [3.8, 4) is 5.75 Å². The van der Waals surface area contributed by atoms with E-state index >= 15 is 0 Å². The van der Waals surface area contributed by atoms with Crippen molar-refractivity contribution in [3.63, 3.8) is 0 Å². The first-order chi connectivity index (χ1) is 12.1. The molecule has 3 aromatic rings. The monoisotopic (exact) mass is 447 g/mol. The Morgan fingerprint density at radius 2 is 1.88 bits per heavy atom. The Bertz CT molecular complexity index is 1030. The summed E-state index contributed by atoms with van der Waals surface area (Å²) in [6.07, 6.45) is -4.61. The van der Waals surface area contributed by atoms with Crippen LogP contribution in [0.25, 0.3) is 10.9 Å². The maximum Gasteiger partial charge on any atom is 0.417 e.